The highest BCUT2D eigenvalue weighted by atomic mass is 19.3. The maximum atomic E-state index is 13.1. The highest BCUT2D eigenvalue weighted by Gasteiger charge is 2.23. The van der Waals surface area contributed by atoms with E-state index in [1.807, 2.05) is 0 Å². The van der Waals surface area contributed by atoms with Crippen LogP contribution in [-0.2, 0) is 0 Å². The smallest absolute Gasteiger partial charge is 0.387 e. The summed E-state index contributed by atoms with van der Waals surface area (Å²) >= 11 is 0. The molecule has 1 fully saturated rings. The third kappa shape index (κ3) is 4.25. The van der Waals surface area contributed by atoms with Crippen LogP contribution < -0.4 is 10.1 Å². The maximum absolute atomic E-state index is 13.1. The number of alkyl halides is 2. The molecule has 1 atom stereocenters. The van der Waals surface area contributed by atoms with E-state index in [0.717, 1.165) is 18.2 Å². The quantitative estimate of drug-likeness (QED) is 0.901. The number of rotatable bonds is 3. The highest BCUT2D eigenvalue weighted by Crippen LogP contribution is 2.27. The van der Waals surface area contributed by atoms with Gasteiger partial charge in [-0.15, -0.1) is 0 Å². The Balaban J connectivity index is 2.09. The summed E-state index contributed by atoms with van der Waals surface area (Å²) in [6, 6.07) is 2.39. The largest absolute Gasteiger partial charge is 0.432 e. The molecule has 0 aliphatic carbocycles. The van der Waals surface area contributed by atoms with Crippen molar-refractivity contribution in [3.63, 3.8) is 0 Å². The number of nitrogens with one attached hydrogen (secondary N) is 1. The molecule has 5 nitrogen and oxygen atoms in total. The van der Waals surface area contributed by atoms with E-state index >= 15 is 0 Å². The number of halogens is 3. The van der Waals surface area contributed by atoms with Crippen molar-refractivity contribution in [2.45, 2.75) is 25.6 Å². The maximum Gasteiger partial charge on any atom is 0.387 e. The van der Waals surface area contributed by atoms with Gasteiger partial charge in [0.05, 0.1) is 11.8 Å². The second kappa shape index (κ2) is 6.66. The number of urea groups is 1. The number of carbonyl (C=O) groups is 1. The van der Waals surface area contributed by atoms with Gasteiger partial charge >= 0.3 is 12.6 Å². The fourth-order valence-electron chi connectivity index (χ4n) is 2.13. The number of β-amino-alcohol motifs (C(OH)–C–C–N with tert-alkyl or cyclic N) is 1. The van der Waals surface area contributed by atoms with Crippen LogP contribution in [0.15, 0.2) is 18.2 Å². The van der Waals surface area contributed by atoms with Crippen LogP contribution in [0.25, 0.3) is 0 Å². The average molecular weight is 304 g/mol. The summed E-state index contributed by atoms with van der Waals surface area (Å²) in [6.45, 7) is -2.51. The van der Waals surface area contributed by atoms with Gasteiger partial charge in [-0.1, -0.05) is 0 Å². The summed E-state index contributed by atoms with van der Waals surface area (Å²) in [6.07, 6.45) is 0.660. The van der Waals surface area contributed by atoms with Gasteiger partial charge in [0.1, 0.15) is 5.82 Å². The third-order valence-electron chi connectivity index (χ3n) is 3.09. The molecule has 0 radical (unpaired) electrons. The Morgan fingerprint density at radius 1 is 1.48 bits per heavy atom. The summed E-state index contributed by atoms with van der Waals surface area (Å²) in [5, 5.41) is 11.9. The summed E-state index contributed by atoms with van der Waals surface area (Å²) in [4.78, 5) is 13.4. The summed E-state index contributed by atoms with van der Waals surface area (Å²) in [5.41, 5.74) is -0.0539. The SMILES string of the molecule is O=C(Nc1ccc(F)cc1OC(F)F)N1CCCC(O)C1. The molecule has 8 heteroatoms. The van der Waals surface area contributed by atoms with E-state index in [9.17, 15) is 23.1 Å². The number of piperidine rings is 1. The predicted molar refractivity (Wildman–Crippen MR) is 68.9 cm³/mol. The van der Waals surface area contributed by atoms with Crippen molar-refractivity contribution in [2.75, 3.05) is 18.4 Å². The van der Waals surface area contributed by atoms with Crippen LogP contribution in [0.2, 0.25) is 0 Å². The van der Waals surface area contributed by atoms with E-state index < -0.39 is 30.3 Å². The van der Waals surface area contributed by atoms with Gasteiger partial charge in [0.15, 0.2) is 5.75 Å². The first-order valence-corrected chi connectivity index (χ1v) is 6.44. The van der Waals surface area contributed by atoms with Crippen LogP contribution >= 0.6 is 0 Å². The number of likely N-dealkylation sites (tertiary alicyclic amines) is 1. The van der Waals surface area contributed by atoms with Gasteiger partial charge in [-0.05, 0) is 25.0 Å². The van der Waals surface area contributed by atoms with E-state index in [1.54, 1.807) is 0 Å². The van der Waals surface area contributed by atoms with Gasteiger partial charge in [0, 0.05) is 19.2 Å². The van der Waals surface area contributed by atoms with E-state index in [1.165, 1.54) is 4.90 Å². The normalized spacial score (nSPS) is 18.7. The van der Waals surface area contributed by atoms with E-state index in [0.29, 0.717) is 19.4 Å². The zero-order valence-electron chi connectivity index (χ0n) is 11.1. The molecule has 2 rings (SSSR count). The molecule has 2 amide bonds. The van der Waals surface area contributed by atoms with Gasteiger partial charge in [0.2, 0.25) is 0 Å². The predicted octanol–water partition coefficient (Wildman–Crippen LogP) is 2.42. The van der Waals surface area contributed by atoms with E-state index in [4.69, 9.17) is 0 Å². The molecule has 1 aliphatic heterocycles. The van der Waals surface area contributed by atoms with Gasteiger partial charge in [-0.2, -0.15) is 8.78 Å². The van der Waals surface area contributed by atoms with Crippen molar-refractivity contribution in [2.24, 2.45) is 0 Å². The Bertz CT molecular complexity index is 513. The number of aliphatic hydroxyl groups excluding tert-OH is 1. The Kier molecular flexibility index (Phi) is 4.89. The lowest BCUT2D eigenvalue weighted by molar-refractivity contribution is -0.0495. The van der Waals surface area contributed by atoms with Crippen molar-refractivity contribution in [3.05, 3.63) is 24.0 Å². The van der Waals surface area contributed by atoms with Crippen molar-refractivity contribution in [1.29, 1.82) is 0 Å². The minimum absolute atomic E-state index is 0.0539. The standard InChI is InChI=1S/C13H15F3N2O3/c14-8-3-4-10(11(6-8)21-12(15)16)17-13(20)18-5-1-2-9(19)7-18/h3-4,6,9,12,19H,1-2,5,7H2,(H,17,20). The molecule has 1 heterocycles. The molecule has 0 spiro atoms. The number of anilines is 1. The number of aliphatic hydroxyl groups is 1. The van der Waals surface area contributed by atoms with Crippen molar-refractivity contribution in [1.82, 2.24) is 4.90 Å². The van der Waals surface area contributed by atoms with Gasteiger partial charge < -0.3 is 20.1 Å². The van der Waals surface area contributed by atoms with Gasteiger partial charge in [-0.3, -0.25) is 0 Å². The molecule has 116 valence electrons. The number of nitrogens with zero attached hydrogens (tertiary/aromatic N) is 1. The zero-order valence-corrected chi connectivity index (χ0v) is 11.1. The Morgan fingerprint density at radius 2 is 2.24 bits per heavy atom. The number of hydrogen-bond donors (Lipinski definition) is 2. The van der Waals surface area contributed by atoms with Gasteiger partial charge in [0.25, 0.3) is 0 Å². The van der Waals surface area contributed by atoms with E-state index in [-0.39, 0.29) is 12.2 Å². The molecular formula is C13H15F3N2O3. The van der Waals surface area contributed by atoms with Crippen molar-refractivity contribution in [3.8, 4) is 5.75 Å². The number of benzene rings is 1. The average Bonchev–Trinajstić information content (AvgIpc) is 2.41. The lowest BCUT2D eigenvalue weighted by atomic mass is 10.1. The molecule has 1 aromatic rings. The molecule has 0 saturated carbocycles. The molecule has 1 aliphatic rings. The lowest BCUT2D eigenvalue weighted by Gasteiger charge is -2.30. The fourth-order valence-corrected chi connectivity index (χ4v) is 2.13. The molecule has 1 saturated heterocycles. The molecule has 21 heavy (non-hydrogen) atoms. The van der Waals surface area contributed by atoms with Crippen LogP contribution in [0.3, 0.4) is 0 Å². The minimum atomic E-state index is -3.13. The van der Waals surface area contributed by atoms with E-state index in [2.05, 4.69) is 10.1 Å². The molecule has 1 unspecified atom stereocenters. The van der Waals surface area contributed by atoms with Crippen molar-refractivity contribution < 1.29 is 27.8 Å². The monoisotopic (exact) mass is 304 g/mol. The Labute approximate surface area is 119 Å². The molecule has 0 bridgehead atoms. The molecule has 1 aromatic carbocycles. The second-order valence-corrected chi connectivity index (χ2v) is 4.69. The molecule has 2 N–H and O–H groups in total. The molecular weight excluding hydrogens is 289 g/mol. The summed E-state index contributed by atoms with van der Waals surface area (Å²) in [5.74, 6) is -1.20. The summed E-state index contributed by atoms with van der Waals surface area (Å²) in [7, 11) is 0. The van der Waals surface area contributed by atoms with Crippen molar-refractivity contribution >= 4 is 11.7 Å². The lowest BCUT2D eigenvalue weighted by Crippen LogP contribution is -2.44. The topological polar surface area (TPSA) is 61.8 Å². The number of amides is 2. The van der Waals surface area contributed by atoms with Crippen LogP contribution in [0.1, 0.15) is 12.8 Å². The van der Waals surface area contributed by atoms with Crippen LogP contribution in [0.5, 0.6) is 5.75 Å². The fraction of sp³-hybridized carbons (Fsp3) is 0.462. The first-order valence-electron chi connectivity index (χ1n) is 6.44. The van der Waals surface area contributed by atoms with Gasteiger partial charge in [-0.25, -0.2) is 9.18 Å². The summed E-state index contributed by atoms with van der Waals surface area (Å²) < 4.78 is 41.8. The number of hydrogen-bond acceptors (Lipinski definition) is 3. The third-order valence-corrected chi connectivity index (χ3v) is 3.09. The number of ether oxygens (including phenoxy) is 1. The minimum Gasteiger partial charge on any atom is -0.432 e. The Hall–Kier alpha value is -1.96. The first kappa shape index (κ1) is 15.4. The van der Waals surface area contributed by atoms with Crippen LogP contribution in [0.4, 0.5) is 23.7 Å². The Morgan fingerprint density at radius 3 is 2.90 bits per heavy atom. The molecule has 0 aromatic heterocycles. The highest BCUT2D eigenvalue weighted by molar-refractivity contribution is 5.91. The van der Waals surface area contributed by atoms with Crippen LogP contribution in [-0.4, -0.2) is 41.8 Å². The zero-order chi connectivity index (χ0) is 15.4. The number of carbonyl (C=O) groups excluding carboxylic acids is 1. The first-order chi connectivity index (χ1) is 9.95. The second-order valence-electron chi connectivity index (χ2n) is 4.69. The van der Waals surface area contributed by atoms with Crippen LogP contribution in [0, 0.1) is 5.82 Å².